The molecule has 0 radical (unpaired) electrons. The summed E-state index contributed by atoms with van der Waals surface area (Å²) in [6.45, 7) is 9.04. The predicted octanol–water partition coefficient (Wildman–Crippen LogP) is 2.26. The quantitative estimate of drug-likeness (QED) is 0.637. The van der Waals surface area contributed by atoms with Gasteiger partial charge >= 0.3 is 92.9 Å². The van der Waals surface area contributed by atoms with Gasteiger partial charge in [-0.1, -0.05) is 0 Å². The van der Waals surface area contributed by atoms with Crippen molar-refractivity contribution in [3.8, 4) is 0 Å². The Labute approximate surface area is 92.8 Å². The molecule has 0 atom stereocenters. The van der Waals surface area contributed by atoms with Gasteiger partial charge < -0.3 is 0 Å². The van der Waals surface area contributed by atoms with Gasteiger partial charge in [0.2, 0.25) is 0 Å². The molecule has 88 valence electrons. The van der Waals surface area contributed by atoms with Gasteiger partial charge in [-0.2, -0.15) is 0 Å². The topological polar surface area (TPSA) is 36.9 Å². The number of rotatable bonds is 8. The number of halogens is 1. The zero-order valence-corrected chi connectivity index (χ0v) is 12.6. The average Bonchev–Trinajstić information content (AvgIpc) is 2.05. The molecule has 0 saturated carbocycles. The van der Waals surface area contributed by atoms with Crippen molar-refractivity contribution in [1.29, 1.82) is 0 Å². The summed E-state index contributed by atoms with van der Waals surface area (Å²) in [5.74, 6) is 0. The maximum absolute atomic E-state index is 6.31. The fourth-order valence-corrected chi connectivity index (χ4v) is 9.67. The van der Waals surface area contributed by atoms with Gasteiger partial charge in [-0.15, -0.1) is 0 Å². The summed E-state index contributed by atoms with van der Waals surface area (Å²) in [5.41, 5.74) is 0. The molecule has 0 aromatic heterocycles. The zero-order chi connectivity index (χ0) is 11.1. The van der Waals surface area contributed by atoms with Crippen LogP contribution in [0, 0.1) is 0 Å². The molecule has 0 unspecified atom stereocenters. The van der Waals surface area contributed by atoms with Crippen LogP contribution < -0.4 is 0 Å². The molecular formula is C8H20ClO4Sb. The molecule has 0 aliphatic heterocycles. The normalized spacial score (nSPS) is 15.1. The van der Waals surface area contributed by atoms with Crippen LogP contribution in [0.5, 0.6) is 0 Å². The van der Waals surface area contributed by atoms with Crippen molar-refractivity contribution in [3.63, 3.8) is 0 Å². The molecule has 0 amide bonds. The molecule has 14 heavy (non-hydrogen) atoms. The van der Waals surface area contributed by atoms with Crippen LogP contribution in [0.15, 0.2) is 0 Å². The summed E-state index contributed by atoms with van der Waals surface area (Å²) in [6, 6.07) is 0. The molecule has 0 bridgehead atoms. The van der Waals surface area contributed by atoms with E-state index < -0.39 is 17.9 Å². The maximum atomic E-state index is 6.31. The molecule has 0 heterocycles. The van der Waals surface area contributed by atoms with E-state index in [0.29, 0.717) is 26.4 Å². The van der Waals surface area contributed by atoms with E-state index in [-0.39, 0.29) is 0 Å². The SMILES string of the molecule is CC[O][Sb]([Cl])([O]CC)([O]CC)[O]CC. The van der Waals surface area contributed by atoms with E-state index in [1.165, 1.54) is 0 Å². The van der Waals surface area contributed by atoms with Crippen molar-refractivity contribution >= 4 is 26.8 Å². The van der Waals surface area contributed by atoms with Crippen LogP contribution in [0.1, 0.15) is 27.7 Å². The molecule has 0 rings (SSSR count). The Morgan fingerprint density at radius 3 is 1.07 bits per heavy atom. The first kappa shape index (κ1) is 14.9. The van der Waals surface area contributed by atoms with E-state index in [4.69, 9.17) is 20.9 Å². The van der Waals surface area contributed by atoms with Gasteiger partial charge in [0.25, 0.3) is 0 Å². The van der Waals surface area contributed by atoms with Crippen LogP contribution in [-0.2, 0) is 12.1 Å². The molecule has 0 N–H and O–H groups in total. The van der Waals surface area contributed by atoms with Crippen LogP contribution in [0.4, 0.5) is 0 Å². The molecule has 0 aromatic rings. The monoisotopic (exact) mass is 336 g/mol. The molecule has 0 saturated heterocycles. The van der Waals surface area contributed by atoms with Gasteiger partial charge in [-0.25, -0.2) is 0 Å². The fraction of sp³-hybridized carbons (Fsp3) is 1.00. The summed E-state index contributed by atoms with van der Waals surface area (Å²) in [4.78, 5) is 0. The Morgan fingerprint density at radius 2 is 0.929 bits per heavy atom. The Kier molecular flexibility index (Phi) is 6.95. The van der Waals surface area contributed by atoms with Gasteiger partial charge in [-0.05, 0) is 0 Å². The van der Waals surface area contributed by atoms with E-state index in [0.717, 1.165) is 0 Å². The summed E-state index contributed by atoms with van der Waals surface area (Å²) < 4.78 is 21.8. The molecule has 0 aromatic carbocycles. The van der Waals surface area contributed by atoms with Crippen LogP contribution >= 0.6 is 8.83 Å². The van der Waals surface area contributed by atoms with E-state index >= 15 is 0 Å². The molecule has 0 spiro atoms. The second-order valence-corrected chi connectivity index (χ2v) is 13.2. The second kappa shape index (κ2) is 6.51. The van der Waals surface area contributed by atoms with Crippen molar-refractivity contribution in [2.45, 2.75) is 27.7 Å². The molecule has 4 nitrogen and oxygen atoms in total. The van der Waals surface area contributed by atoms with E-state index in [1.807, 2.05) is 27.7 Å². The third kappa shape index (κ3) is 4.21. The Balaban J connectivity index is 4.69. The van der Waals surface area contributed by atoms with Gasteiger partial charge in [0.1, 0.15) is 0 Å². The van der Waals surface area contributed by atoms with Gasteiger partial charge in [0, 0.05) is 0 Å². The summed E-state index contributed by atoms with van der Waals surface area (Å²) in [6.07, 6.45) is 0. The standard InChI is InChI=1S/4C2H5O.ClH.Sb/c4*1-2-3;;/h4*2H2,1H3;1H;/q4*-1;;+5/p-1. The minimum atomic E-state index is -4.63. The van der Waals surface area contributed by atoms with Gasteiger partial charge in [0.15, 0.2) is 0 Å². The Morgan fingerprint density at radius 1 is 0.714 bits per heavy atom. The summed E-state index contributed by atoms with van der Waals surface area (Å²) >= 11 is -4.63. The van der Waals surface area contributed by atoms with Gasteiger partial charge in [-0.3, -0.25) is 0 Å². The zero-order valence-electron chi connectivity index (χ0n) is 9.29. The van der Waals surface area contributed by atoms with E-state index in [9.17, 15) is 0 Å². The van der Waals surface area contributed by atoms with Crippen molar-refractivity contribution in [2.75, 3.05) is 26.4 Å². The third-order valence-corrected chi connectivity index (χ3v) is 11.6. The van der Waals surface area contributed by atoms with Crippen molar-refractivity contribution < 1.29 is 12.1 Å². The van der Waals surface area contributed by atoms with Crippen LogP contribution in [0.25, 0.3) is 0 Å². The molecular weight excluding hydrogens is 317 g/mol. The summed E-state index contributed by atoms with van der Waals surface area (Å²) in [7, 11) is 6.31. The second-order valence-electron chi connectivity index (χ2n) is 2.39. The first-order valence-corrected chi connectivity index (χ1v) is 12.3. The van der Waals surface area contributed by atoms with Crippen LogP contribution in [-0.4, -0.2) is 44.4 Å². The third-order valence-electron chi connectivity index (χ3n) is 1.34. The van der Waals surface area contributed by atoms with Crippen LogP contribution in [0.3, 0.4) is 0 Å². The van der Waals surface area contributed by atoms with Crippen LogP contribution in [0.2, 0.25) is 0 Å². The number of hydrogen-bond acceptors (Lipinski definition) is 4. The van der Waals surface area contributed by atoms with Crippen molar-refractivity contribution in [1.82, 2.24) is 0 Å². The van der Waals surface area contributed by atoms with Crippen molar-refractivity contribution in [3.05, 3.63) is 0 Å². The molecule has 0 fully saturated rings. The number of hydrogen-bond donors (Lipinski definition) is 0. The molecule has 6 heteroatoms. The summed E-state index contributed by atoms with van der Waals surface area (Å²) in [5, 5.41) is 0. The van der Waals surface area contributed by atoms with E-state index in [1.54, 1.807) is 0 Å². The first-order chi connectivity index (χ1) is 6.54. The van der Waals surface area contributed by atoms with E-state index in [2.05, 4.69) is 0 Å². The fourth-order valence-electron chi connectivity index (χ4n) is 1.05. The Hall–Kier alpha value is 0.948. The molecule has 0 aliphatic carbocycles. The Bertz CT molecular complexity index is 132. The predicted molar refractivity (Wildman–Crippen MR) is 58.1 cm³/mol. The molecule has 0 aliphatic rings. The van der Waals surface area contributed by atoms with Gasteiger partial charge in [0.05, 0.1) is 0 Å². The average molecular weight is 337 g/mol. The van der Waals surface area contributed by atoms with Crippen molar-refractivity contribution in [2.24, 2.45) is 0 Å². The first-order valence-electron chi connectivity index (χ1n) is 4.88. The minimum absolute atomic E-state index is 0.422.